The van der Waals surface area contributed by atoms with Crippen molar-refractivity contribution in [3.05, 3.63) is 0 Å². The molecule has 0 saturated carbocycles. The highest BCUT2D eigenvalue weighted by Gasteiger charge is 2.46. The third kappa shape index (κ3) is 4.60. The smallest absolute Gasteiger partial charge is 0.374 e. The molecule has 1 atom stereocenters. The van der Waals surface area contributed by atoms with Crippen LogP contribution in [0, 0.1) is 0 Å². The van der Waals surface area contributed by atoms with Gasteiger partial charge in [-0.2, -0.15) is 0 Å². The van der Waals surface area contributed by atoms with Crippen molar-refractivity contribution in [2.24, 2.45) is 0 Å². The van der Waals surface area contributed by atoms with Crippen LogP contribution in [0.3, 0.4) is 0 Å². The van der Waals surface area contributed by atoms with Crippen molar-refractivity contribution < 1.29 is 22.8 Å². The number of hydrogen-bond donors (Lipinski definition) is 0. The Bertz CT molecular complexity index is 230. The van der Waals surface area contributed by atoms with Crippen molar-refractivity contribution in [2.75, 3.05) is 26.4 Å². The van der Waals surface area contributed by atoms with Crippen LogP contribution >= 0.6 is 0 Å². The average Bonchev–Trinajstić information content (AvgIpc) is 2.59. The van der Waals surface area contributed by atoms with Gasteiger partial charge in [-0.05, 0) is 34.6 Å². The van der Waals surface area contributed by atoms with Crippen LogP contribution in [0.4, 0.5) is 0 Å². The number of ether oxygens (including phenoxy) is 2. The van der Waals surface area contributed by atoms with Gasteiger partial charge in [-0.3, -0.25) is 0 Å². The molecule has 0 bridgehead atoms. The van der Waals surface area contributed by atoms with E-state index < -0.39 is 14.6 Å². The molecule has 0 amide bonds. The monoisotopic (exact) mass is 278 g/mol. The summed E-state index contributed by atoms with van der Waals surface area (Å²) in [5.74, 6) is -0.518. The maximum Gasteiger partial charge on any atom is 0.503 e. The minimum atomic E-state index is -2.63. The van der Waals surface area contributed by atoms with Gasteiger partial charge in [0.2, 0.25) is 0 Å². The van der Waals surface area contributed by atoms with Gasteiger partial charge in [-0.25, -0.2) is 0 Å². The summed E-state index contributed by atoms with van der Waals surface area (Å²) >= 11 is 0. The molecule has 108 valence electrons. The highest BCUT2D eigenvalue weighted by molar-refractivity contribution is 6.60. The summed E-state index contributed by atoms with van der Waals surface area (Å²) in [7, 11) is -2.63. The molecule has 0 aromatic rings. The second kappa shape index (κ2) is 6.98. The Balaban J connectivity index is 2.64. The van der Waals surface area contributed by atoms with Gasteiger partial charge in [0.1, 0.15) is 0 Å². The van der Waals surface area contributed by atoms with Crippen LogP contribution in [0.25, 0.3) is 0 Å². The Morgan fingerprint density at radius 3 is 1.89 bits per heavy atom. The van der Waals surface area contributed by atoms with Crippen LogP contribution < -0.4 is 0 Å². The van der Waals surface area contributed by atoms with Gasteiger partial charge in [-0.15, -0.1) is 0 Å². The minimum absolute atomic E-state index is 0.0173. The van der Waals surface area contributed by atoms with Crippen LogP contribution in [0.15, 0.2) is 0 Å². The van der Waals surface area contributed by atoms with E-state index in [1.54, 1.807) is 0 Å². The van der Waals surface area contributed by atoms with Gasteiger partial charge in [0.25, 0.3) is 0 Å². The molecule has 0 N–H and O–H groups in total. The molecule has 18 heavy (non-hydrogen) atoms. The van der Waals surface area contributed by atoms with Gasteiger partial charge < -0.3 is 22.8 Å². The lowest BCUT2D eigenvalue weighted by molar-refractivity contribution is -0.137. The lowest BCUT2D eigenvalue weighted by Gasteiger charge is -2.30. The Hall–Kier alpha value is 0.0169. The van der Waals surface area contributed by atoms with Gasteiger partial charge in [0.15, 0.2) is 5.79 Å². The predicted molar refractivity (Wildman–Crippen MR) is 70.3 cm³/mol. The Labute approximate surface area is 111 Å². The van der Waals surface area contributed by atoms with E-state index in [-0.39, 0.29) is 6.10 Å². The molecular formula is C12H26O5Si. The first-order valence-corrected chi connectivity index (χ1v) is 8.63. The summed E-state index contributed by atoms with van der Waals surface area (Å²) in [5, 5.41) is 0. The normalized spacial score (nSPS) is 23.5. The Morgan fingerprint density at radius 2 is 1.56 bits per heavy atom. The van der Waals surface area contributed by atoms with Crippen molar-refractivity contribution in [3.8, 4) is 0 Å². The summed E-state index contributed by atoms with van der Waals surface area (Å²) in [4.78, 5) is 0. The topological polar surface area (TPSA) is 46.2 Å². The van der Waals surface area contributed by atoms with E-state index in [1.165, 1.54) is 0 Å². The van der Waals surface area contributed by atoms with E-state index in [4.69, 9.17) is 22.8 Å². The zero-order valence-electron chi connectivity index (χ0n) is 12.2. The predicted octanol–water partition coefficient (Wildman–Crippen LogP) is 2.19. The van der Waals surface area contributed by atoms with E-state index in [0.29, 0.717) is 32.5 Å². The summed E-state index contributed by atoms with van der Waals surface area (Å²) in [6.07, 6.45) is -0.0173. The molecule has 1 rings (SSSR count). The van der Waals surface area contributed by atoms with Crippen molar-refractivity contribution in [3.63, 3.8) is 0 Å². The minimum Gasteiger partial charge on any atom is -0.374 e. The fraction of sp³-hybridized carbons (Fsp3) is 1.00. The largest absolute Gasteiger partial charge is 0.503 e. The van der Waals surface area contributed by atoms with Crippen LogP contribution in [0.5, 0.6) is 0 Å². The molecule has 6 heteroatoms. The molecule has 1 aliphatic rings. The molecule has 0 unspecified atom stereocenters. The van der Waals surface area contributed by atoms with Crippen LogP contribution in [0.1, 0.15) is 34.6 Å². The quantitative estimate of drug-likeness (QED) is 0.637. The highest BCUT2D eigenvalue weighted by Crippen LogP contribution is 2.29. The van der Waals surface area contributed by atoms with Gasteiger partial charge in [-0.1, -0.05) is 0 Å². The van der Waals surface area contributed by atoms with Gasteiger partial charge in [0.05, 0.1) is 12.7 Å². The third-order valence-corrected chi connectivity index (χ3v) is 5.78. The second-order valence-electron chi connectivity index (χ2n) is 4.64. The maximum absolute atomic E-state index is 5.82. The molecule has 0 aromatic heterocycles. The van der Waals surface area contributed by atoms with Crippen LogP contribution in [-0.2, 0) is 22.8 Å². The van der Waals surface area contributed by atoms with E-state index in [1.807, 2.05) is 34.6 Å². The molecule has 5 nitrogen and oxygen atoms in total. The summed E-state index contributed by atoms with van der Waals surface area (Å²) in [6.45, 7) is 12.0. The second-order valence-corrected chi connectivity index (χ2v) is 7.28. The van der Waals surface area contributed by atoms with E-state index in [2.05, 4.69) is 0 Å². The summed E-state index contributed by atoms with van der Waals surface area (Å²) in [6, 6.07) is 0.645. The van der Waals surface area contributed by atoms with E-state index in [9.17, 15) is 0 Å². The third-order valence-electron chi connectivity index (χ3n) is 2.64. The van der Waals surface area contributed by atoms with Crippen LogP contribution in [-0.4, -0.2) is 47.1 Å². The van der Waals surface area contributed by atoms with Crippen molar-refractivity contribution in [1.82, 2.24) is 0 Å². The van der Waals surface area contributed by atoms with Crippen LogP contribution in [0.2, 0.25) is 6.04 Å². The Kier molecular flexibility index (Phi) is 6.23. The summed E-state index contributed by atoms with van der Waals surface area (Å²) < 4.78 is 28.8. The fourth-order valence-corrected chi connectivity index (χ4v) is 4.79. The first-order valence-electron chi connectivity index (χ1n) is 6.70. The molecule has 1 saturated heterocycles. The van der Waals surface area contributed by atoms with Crippen molar-refractivity contribution in [2.45, 2.75) is 52.6 Å². The maximum atomic E-state index is 5.82. The lowest BCUT2D eigenvalue weighted by Crippen LogP contribution is -2.49. The average molecular weight is 278 g/mol. The summed E-state index contributed by atoms with van der Waals surface area (Å²) in [5.41, 5.74) is 0. The molecule has 0 aliphatic carbocycles. The standard InChI is InChI=1S/C12H26O5Si/c1-6-14-18(15-7-2,16-8-3)10-11-9-13-12(4,5)17-11/h11H,6-10H2,1-5H3/t11-/m1/s1. The molecule has 1 aliphatic heterocycles. The van der Waals surface area contributed by atoms with E-state index in [0.717, 1.165) is 0 Å². The number of rotatable bonds is 8. The molecular weight excluding hydrogens is 252 g/mol. The van der Waals surface area contributed by atoms with Crippen molar-refractivity contribution in [1.29, 1.82) is 0 Å². The first kappa shape index (κ1) is 16.1. The highest BCUT2D eigenvalue weighted by atomic mass is 28.4. The fourth-order valence-electron chi connectivity index (χ4n) is 2.10. The SMILES string of the molecule is CCO[Si](C[C@H]1COC(C)(C)O1)(OCC)OCC. The lowest BCUT2D eigenvalue weighted by atomic mass is 10.4. The molecule has 1 fully saturated rings. The van der Waals surface area contributed by atoms with Crippen molar-refractivity contribution >= 4 is 8.80 Å². The zero-order chi connectivity index (χ0) is 13.6. The molecule has 1 heterocycles. The van der Waals surface area contributed by atoms with Gasteiger partial charge in [0, 0.05) is 25.9 Å². The number of hydrogen-bond acceptors (Lipinski definition) is 5. The zero-order valence-corrected chi connectivity index (χ0v) is 13.2. The molecule has 0 radical (unpaired) electrons. The Morgan fingerprint density at radius 1 is 1.06 bits per heavy atom. The van der Waals surface area contributed by atoms with Gasteiger partial charge >= 0.3 is 8.80 Å². The first-order chi connectivity index (χ1) is 8.47. The molecule has 0 aromatic carbocycles. The van der Waals surface area contributed by atoms with E-state index >= 15 is 0 Å². The molecule has 0 spiro atoms.